The number of hydrogen-bond donors (Lipinski definition) is 1. The van der Waals surface area contributed by atoms with Gasteiger partial charge in [-0.3, -0.25) is 9.59 Å². The molecular weight excluding hydrogens is 436 g/mol. The number of epoxide rings is 1. The molecule has 0 amide bonds. The van der Waals surface area contributed by atoms with Crippen LogP contribution in [0.4, 0.5) is 0 Å². The normalized spacial score (nSPS) is 13.6. The molecule has 0 aliphatic carbocycles. The molecule has 1 rings (SSSR count). The number of esters is 2. The van der Waals surface area contributed by atoms with E-state index in [2.05, 4.69) is 0 Å². The number of aliphatic hydroxyl groups excluding tert-OH is 1. The first-order valence-electron chi connectivity index (χ1n) is 13.5. The van der Waals surface area contributed by atoms with Crippen LogP contribution in [0.3, 0.4) is 0 Å². The fourth-order valence-corrected chi connectivity index (χ4v) is 3.25. The number of aliphatic hydroxyl groups is 1. The van der Waals surface area contributed by atoms with Crippen molar-refractivity contribution in [1.29, 1.82) is 0 Å². The molecule has 1 unspecified atom stereocenters. The SMILES string of the molecule is CCO.CCOC(=O)CCCCCCCCC1CO1.CCOC(=O)CCCCCCCCC=O. The predicted molar refractivity (Wildman–Crippen MR) is 136 cm³/mol. The van der Waals surface area contributed by atoms with Crippen LogP contribution in [0, 0.1) is 0 Å². The molecule has 1 heterocycles. The Morgan fingerprint density at radius 2 is 1.15 bits per heavy atom. The summed E-state index contributed by atoms with van der Waals surface area (Å²) < 4.78 is 14.8. The van der Waals surface area contributed by atoms with E-state index in [1.54, 1.807) is 6.92 Å². The van der Waals surface area contributed by atoms with Gasteiger partial charge < -0.3 is 24.1 Å². The highest BCUT2D eigenvalue weighted by Gasteiger charge is 2.20. The summed E-state index contributed by atoms with van der Waals surface area (Å²) in [4.78, 5) is 32.0. The molecule has 1 atom stereocenters. The highest BCUT2D eigenvalue weighted by molar-refractivity contribution is 5.69. The Bertz CT molecular complexity index is 450. The zero-order chi connectivity index (χ0) is 25.7. The van der Waals surface area contributed by atoms with E-state index in [9.17, 15) is 14.4 Å². The number of unbranched alkanes of at least 4 members (excludes halogenated alkanes) is 11. The molecule has 202 valence electrons. The molecule has 1 aliphatic rings. The van der Waals surface area contributed by atoms with Crippen LogP contribution in [0.15, 0.2) is 0 Å². The van der Waals surface area contributed by atoms with Gasteiger partial charge in [0.1, 0.15) is 6.29 Å². The number of ether oxygens (including phenoxy) is 3. The summed E-state index contributed by atoms with van der Waals surface area (Å²) in [6.07, 6.45) is 18.3. The highest BCUT2D eigenvalue weighted by Crippen LogP contribution is 2.18. The van der Waals surface area contributed by atoms with Gasteiger partial charge in [-0.15, -0.1) is 0 Å². The summed E-state index contributed by atoms with van der Waals surface area (Å²) >= 11 is 0. The van der Waals surface area contributed by atoms with Crippen molar-refractivity contribution in [1.82, 2.24) is 0 Å². The molecule has 1 N–H and O–H groups in total. The van der Waals surface area contributed by atoms with E-state index in [1.807, 2.05) is 13.8 Å². The summed E-state index contributed by atoms with van der Waals surface area (Å²) in [6, 6.07) is 0. The molecule has 0 aromatic carbocycles. The van der Waals surface area contributed by atoms with Gasteiger partial charge in [0.15, 0.2) is 0 Å². The Morgan fingerprint density at radius 3 is 1.53 bits per heavy atom. The second-order valence-corrected chi connectivity index (χ2v) is 8.37. The largest absolute Gasteiger partial charge is 0.466 e. The zero-order valence-corrected chi connectivity index (χ0v) is 22.2. The second-order valence-electron chi connectivity index (χ2n) is 8.37. The van der Waals surface area contributed by atoms with Gasteiger partial charge in [0.2, 0.25) is 0 Å². The van der Waals surface area contributed by atoms with E-state index in [1.165, 1.54) is 32.1 Å². The first-order valence-corrected chi connectivity index (χ1v) is 13.5. The van der Waals surface area contributed by atoms with Crippen molar-refractivity contribution in [3.8, 4) is 0 Å². The fraction of sp³-hybridized carbons (Fsp3) is 0.889. The Labute approximate surface area is 208 Å². The number of aldehydes is 1. The summed E-state index contributed by atoms with van der Waals surface area (Å²) in [5.74, 6) is -0.133. The molecular formula is C27H52O7. The van der Waals surface area contributed by atoms with Crippen LogP contribution < -0.4 is 0 Å². The van der Waals surface area contributed by atoms with Gasteiger partial charge in [0, 0.05) is 25.9 Å². The van der Waals surface area contributed by atoms with Crippen LogP contribution >= 0.6 is 0 Å². The van der Waals surface area contributed by atoms with E-state index >= 15 is 0 Å². The summed E-state index contributed by atoms with van der Waals surface area (Å²) in [5.41, 5.74) is 0. The number of rotatable bonds is 20. The maximum Gasteiger partial charge on any atom is 0.305 e. The lowest BCUT2D eigenvalue weighted by atomic mass is 10.1. The van der Waals surface area contributed by atoms with E-state index in [0.29, 0.717) is 38.6 Å². The molecule has 0 aromatic heterocycles. The Kier molecular flexibility index (Phi) is 30.2. The van der Waals surface area contributed by atoms with Crippen molar-refractivity contribution in [3.05, 3.63) is 0 Å². The van der Waals surface area contributed by atoms with E-state index in [0.717, 1.165) is 64.3 Å². The van der Waals surface area contributed by atoms with Gasteiger partial charge in [-0.2, -0.15) is 0 Å². The second kappa shape index (κ2) is 29.6. The van der Waals surface area contributed by atoms with E-state index in [-0.39, 0.29) is 18.5 Å². The minimum absolute atomic E-state index is 0.0478. The Hall–Kier alpha value is -1.47. The highest BCUT2D eigenvalue weighted by atomic mass is 16.6. The van der Waals surface area contributed by atoms with Crippen molar-refractivity contribution < 1.29 is 33.7 Å². The lowest BCUT2D eigenvalue weighted by Gasteiger charge is -2.02. The average Bonchev–Trinajstić information content (AvgIpc) is 3.63. The minimum atomic E-state index is -0.0848. The smallest absolute Gasteiger partial charge is 0.305 e. The number of carbonyl (C=O) groups excluding carboxylic acids is 3. The Balaban J connectivity index is 0. The molecule has 0 radical (unpaired) electrons. The maximum absolute atomic E-state index is 11.0. The van der Waals surface area contributed by atoms with Crippen LogP contribution in [-0.2, 0) is 28.6 Å². The zero-order valence-electron chi connectivity index (χ0n) is 22.2. The summed E-state index contributed by atoms with van der Waals surface area (Å²) in [5, 5.41) is 7.57. The quantitative estimate of drug-likeness (QED) is 0.0979. The topological polar surface area (TPSA) is 102 Å². The summed E-state index contributed by atoms with van der Waals surface area (Å²) in [7, 11) is 0. The van der Waals surface area contributed by atoms with Gasteiger partial charge >= 0.3 is 11.9 Å². The first kappa shape index (κ1) is 34.7. The maximum atomic E-state index is 11.0. The molecule has 0 spiro atoms. The monoisotopic (exact) mass is 488 g/mol. The van der Waals surface area contributed by atoms with Crippen LogP contribution in [0.1, 0.15) is 124 Å². The van der Waals surface area contributed by atoms with Gasteiger partial charge in [0.25, 0.3) is 0 Å². The van der Waals surface area contributed by atoms with Gasteiger partial charge in [0.05, 0.1) is 25.9 Å². The van der Waals surface area contributed by atoms with E-state index < -0.39 is 0 Å². The van der Waals surface area contributed by atoms with Crippen molar-refractivity contribution in [2.45, 2.75) is 130 Å². The molecule has 0 saturated carbocycles. The molecule has 34 heavy (non-hydrogen) atoms. The van der Waals surface area contributed by atoms with Gasteiger partial charge in [-0.05, 0) is 46.5 Å². The summed E-state index contributed by atoms with van der Waals surface area (Å²) in [6.45, 7) is 7.57. The number of hydrogen-bond acceptors (Lipinski definition) is 7. The van der Waals surface area contributed by atoms with Gasteiger partial charge in [-0.25, -0.2) is 0 Å². The Morgan fingerprint density at radius 1 is 0.765 bits per heavy atom. The number of carbonyl (C=O) groups is 3. The lowest BCUT2D eigenvalue weighted by molar-refractivity contribution is -0.144. The molecule has 7 heteroatoms. The molecule has 0 aromatic rings. The van der Waals surface area contributed by atoms with Crippen LogP contribution in [0.5, 0.6) is 0 Å². The van der Waals surface area contributed by atoms with Crippen LogP contribution in [-0.4, -0.2) is 55.9 Å². The van der Waals surface area contributed by atoms with E-state index in [4.69, 9.17) is 19.3 Å². The van der Waals surface area contributed by atoms with Crippen LogP contribution in [0.2, 0.25) is 0 Å². The molecule has 1 aliphatic heterocycles. The third-order valence-electron chi connectivity index (χ3n) is 5.12. The molecule has 1 saturated heterocycles. The minimum Gasteiger partial charge on any atom is -0.466 e. The molecule has 1 fully saturated rings. The molecule has 7 nitrogen and oxygen atoms in total. The van der Waals surface area contributed by atoms with Crippen molar-refractivity contribution in [2.75, 3.05) is 26.4 Å². The van der Waals surface area contributed by atoms with Crippen molar-refractivity contribution in [3.63, 3.8) is 0 Å². The third-order valence-corrected chi connectivity index (χ3v) is 5.12. The fourth-order valence-electron chi connectivity index (χ4n) is 3.25. The first-order chi connectivity index (χ1) is 16.5. The predicted octanol–water partition coefficient (Wildman–Crippen LogP) is 5.94. The lowest BCUT2D eigenvalue weighted by Crippen LogP contribution is -2.03. The van der Waals surface area contributed by atoms with Crippen molar-refractivity contribution in [2.24, 2.45) is 0 Å². The standard InChI is InChI=1S/C13H24O3.C12H22O3.C2H6O/c1-2-15-13(14)10-8-6-4-3-5-7-9-12-11-16-12;1-2-15-12(14)10-8-6-4-3-5-7-9-11-13;1-2-3/h12H,2-11H2,1H3;11H,2-10H2,1H3;3H,2H2,1H3. The van der Waals surface area contributed by atoms with Crippen LogP contribution in [0.25, 0.3) is 0 Å². The van der Waals surface area contributed by atoms with Gasteiger partial charge in [-0.1, -0.05) is 57.8 Å². The average molecular weight is 489 g/mol. The van der Waals surface area contributed by atoms with Crippen molar-refractivity contribution >= 4 is 18.2 Å². The molecule has 0 bridgehead atoms. The third kappa shape index (κ3) is 32.7.